The molecule has 1 aliphatic carbocycles. The number of aliphatic hydroxyl groups excluding tert-OH is 1. The molecule has 2 bridgehead atoms. The van der Waals surface area contributed by atoms with Gasteiger partial charge < -0.3 is 25.4 Å². The highest BCUT2D eigenvalue weighted by Gasteiger charge is 2.35. The number of rotatable bonds is 7. The van der Waals surface area contributed by atoms with Crippen molar-refractivity contribution in [3.05, 3.63) is 82.4 Å². The van der Waals surface area contributed by atoms with Gasteiger partial charge in [-0.2, -0.15) is 0 Å². The van der Waals surface area contributed by atoms with Crippen molar-refractivity contribution >= 4 is 11.8 Å². The minimum atomic E-state index is -0.839. The Labute approximate surface area is 251 Å². The number of fused-ring (bicyclic) bond motifs is 5. The first kappa shape index (κ1) is 31.9. The normalized spacial score (nSPS) is 26.3. The SMILES string of the molecule is CCCC[C@H](C)C(=O)N(C)[C@H]1C/C=C\CO[C@H]2C[C@@H](NC[C@@H](O)[C@H](Cc3ccccc3)NC1=O)c1cc(C)cc(C)c12. The molecule has 1 heterocycles. The van der Waals surface area contributed by atoms with E-state index in [1.807, 2.05) is 49.4 Å². The fourth-order valence-corrected chi connectivity index (χ4v) is 6.42. The summed E-state index contributed by atoms with van der Waals surface area (Å²) >= 11 is 0. The van der Waals surface area contributed by atoms with E-state index in [4.69, 9.17) is 4.74 Å². The number of ether oxygens (including phenoxy) is 1. The van der Waals surface area contributed by atoms with E-state index in [1.165, 1.54) is 22.3 Å². The Morgan fingerprint density at radius 3 is 2.67 bits per heavy atom. The van der Waals surface area contributed by atoms with Crippen LogP contribution in [0.2, 0.25) is 0 Å². The van der Waals surface area contributed by atoms with Crippen molar-refractivity contribution in [2.75, 3.05) is 20.2 Å². The first-order chi connectivity index (χ1) is 20.2. The number of carbonyl (C=O) groups is 2. The van der Waals surface area contributed by atoms with Gasteiger partial charge in [0.15, 0.2) is 0 Å². The first-order valence-electron chi connectivity index (χ1n) is 15.6. The number of hydrogen-bond acceptors (Lipinski definition) is 5. The Morgan fingerprint density at radius 2 is 1.93 bits per heavy atom. The highest BCUT2D eigenvalue weighted by molar-refractivity contribution is 5.88. The second kappa shape index (κ2) is 14.9. The molecule has 6 atom stereocenters. The maximum absolute atomic E-state index is 13.8. The van der Waals surface area contributed by atoms with Crippen molar-refractivity contribution in [2.45, 2.75) is 96.6 Å². The smallest absolute Gasteiger partial charge is 0.243 e. The molecule has 4 rings (SSSR count). The summed E-state index contributed by atoms with van der Waals surface area (Å²) in [4.78, 5) is 28.8. The maximum Gasteiger partial charge on any atom is 0.243 e. The van der Waals surface area contributed by atoms with Crippen molar-refractivity contribution in [3.63, 3.8) is 0 Å². The quantitative estimate of drug-likeness (QED) is 0.400. The van der Waals surface area contributed by atoms with E-state index >= 15 is 0 Å². The van der Waals surface area contributed by atoms with Gasteiger partial charge in [0, 0.05) is 25.6 Å². The minimum Gasteiger partial charge on any atom is -0.390 e. The predicted molar refractivity (Wildman–Crippen MR) is 167 cm³/mol. The molecular formula is C35H49N3O4. The standard InChI is InChI=1S/C35H49N3O4/c1-6-7-13-24(3)35(41)38(5)30-16-11-12-17-42-32-21-28(27-19-23(2)18-25(4)33(27)32)36-22-31(39)29(37-34(30)40)20-26-14-9-8-10-15-26/h8-12,14-15,18-19,24,28-32,36,39H,6-7,13,16-17,20-22H2,1-5H3,(H,37,40)/b12-11-/t24-,28+,29-,30-,31+,32-/m0/s1. The van der Waals surface area contributed by atoms with Crippen LogP contribution in [0.25, 0.3) is 0 Å². The molecule has 1 aliphatic heterocycles. The van der Waals surface area contributed by atoms with Crippen molar-refractivity contribution in [1.29, 1.82) is 0 Å². The van der Waals surface area contributed by atoms with Gasteiger partial charge in [-0.25, -0.2) is 0 Å². The Morgan fingerprint density at radius 1 is 1.17 bits per heavy atom. The molecule has 2 aromatic rings. The second-order valence-corrected chi connectivity index (χ2v) is 12.2. The maximum atomic E-state index is 13.8. The summed E-state index contributed by atoms with van der Waals surface area (Å²) in [5.41, 5.74) is 5.90. The number of β-amino-alcohol motifs (C(OH)–C–C–N with tert-alkyl or cyclic N) is 1. The Kier molecular flexibility index (Phi) is 11.4. The summed E-state index contributed by atoms with van der Waals surface area (Å²) < 4.78 is 6.37. The minimum absolute atomic E-state index is 0.0346. The van der Waals surface area contributed by atoms with Crippen molar-refractivity contribution in [2.24, 2.45) is 5.92 Å². The molecule has 0 radical (unpaired) electrons. The molecule has 0 saturated carbocycles. The molecule has 2 aliphatic rings. The molecule has 7 heteroatoms. The summed E-state index contributed by atoms with van der Waals surface area (Å²) in [6.07, 6.45) is 7.43. The molecule has 3 N–H and O–H groups in total. The molecule has 0 aromatic heterocycles. The van der Waals surface area contributed by atoms with Crippen LogP contribution in [-0.4, -0.2) is 60.2 Å². The fraction of sp³-hybridized carbons (Fsp3) is 0.543. The van der Waals surface area contributed by atoms with Crippen LogP contribution >= 0.6 is 0 Å². The molecule has 0 spiro atoms. The van der Waals surface area contributed by atoms with Gasteiger partial charge in [-0.3, -0.25) is 9.59 Å². The van der Waals surface area contributed by atoms with E-state index in [0.29, 0.717) is 26.0 Å². The number of nitrogens with one attached hydrogen (secondary N) is 2. The molecule has 2 amide bonds. The van der Waals surface area contributed by atoms with Gasteiger partial charge in [0.05, 0.1) is 24.9 Å². The third kappa shape index (κ3) is 7.88. The number of hydrogen-bond donors (Lipinski definition) is 3. The van der Waals surface area contributed by atoms with Gasteiger partial charge in [0.2, 0.25) is 11.8 Å². The lowest BCUT2D eigenvalue weighted by Crippen LogP contribution is -2.55. The lowest BCUT2D eigenvalue weighted by atomic mass is 9.98. The summed E-state index contributed by atoms with van der Waals surface area (Å²) in [6, 6.07) is 13.1. The van der Waals surface area contributed by atoms with Gasteiger partial charge in [-0.15, -0.1) is 0 Å². The number of carbonyl (C=O) groups excluding carboxylic acids is 2. The van der Waals surface area contributed by atoms with E-state index in [2.05, 4.69) is 43.5 Å². The van der Waals surface area contributed by atoms with Gasteiger partial charge in [-0.05, 0) is 61.8 Å². The van der Waals surface area contributed by atoms with Crippen LogP contribution in [0.5, 0.6) is 0 Å². The number of amides is 2. The number of likely N-dealkylation sites (N-methyl/N-ethyl adjacent to an activating group) is 1. The Bertz CT molecular complexity index is 1230. The highest BCUT2D eigenvalue weighted by Crippen LogP contribution is 2.43. The van der Waals surface area contributed by atoms with E-state index in [0.717, 1.165) is 31.2 Å². The van der Waals surface area contributed by atoms with Crippen LogP contribution in [0.1, 0.15) is 85.9 Å². The summed E-state index contributed by atoms with van der Waals surface area (Å²) in [5, 5.41) is 18.3. The number of aliphatic hydroxyl groups is 1. The number of aryl methyl sites for hydroxylation is 2. The lowest BCUT2D eigenvalue weighted by Gasteiger charge is -2.32. The van der Waals surface area contributed by atoms with Gasteiger partial charge in [-0.1, -0.05) is 86.9 Å². The molecule has 0 unspecified atom stereocenters. The van der Waals surface area contributed by atoms with E-state index in [1.54, 1.807) is 11.9 Å². The molecule has 7 nitrogen and oxygen atoms in total. The van der Waals surface area contributed by atoms with Crippen LogP contribution in [0, 0.1) is 19.8 Å². The number of nitrogens with zero attached hydrogens (tertiary/aromatic N) is 1. The monoisotopic (exact) mass is 575 g/mol. The first-order valence-corrected chi connectivity index (χ1v) is 15.6. The molecule has 0 saturated heterocycles. The van der Waals surface area contributed by atoms with E-state index in [9.17, 15) is 14.7 Å². The van der Waals surface area contributed by atoms with Crippen LogP contribution < -0.4 is 10.6 Å². The van der Waals surface area contributed by atoms with Crippen LogP contribution in [0.4, 0.5) is 0 Å². The molecule has 0 fully saturated rings. The largest absolute Gasteiger partial charge is 0.390 e. The molecule has 42 heavy (non-hydrogen) atoms. The summed E-state index contributed by atoms with van der Waals surface area (Å²) in [6.45, 7) is 9.03. The summed E-state index contributed by atoms with van der Waals surface area (Å²) in [7, 11) is 1.72. The van der Waals surface area contributed by atoms with Crippen molar-refractivity contribution < 1.29 is 19.4 Å². The molecule has 2 aromatic carbocycles. The van der Waals surface area contributed by atoms with Crippen LogP contribution in [0.15, 0.2) is 54.6 Å². The van der Waals surface area contributed by atoms with Gasteiger partial charge >= 0.3 is 0 Å². The summed E-state index contributed by atoms with van der Waals surface area (Å²) in [5.74, 6) is -0.455. The van der Waals surface area contributed by atoms with Crippen molar-refractivity contribution in [1.82, 2.24) is 15.5 Å². The number of unbranched alkanes of at least 4 members (excludes halogenated alkanes) is 1. The zero-order valence-electron chi connectivity index (χ0n) is 25.9. The average Bonchev–Trinajstić information content (AvgIpc) is 3.32. The number of benzene rings is 2. The second-order valence-electron chi connectivity index (χ2n) is 12.2. The van der Waals surface area contributed by atoms with Crippen molar-refractivity contribution in [3.8, 4) is 0 Å². The zero-order chi connectivity index (χ0) is 30.2. The topological polar surface area (TPSA) is 90.9 Å². The molecular weight excluding hydrogens is 526 g/mol. The van der Waals surface area contributed by atoms with Crippen LogP contribution in [0.3, 0.4) is 0 Å². The third-order valence-corrected chi connectivity index (χ3v) is 8.82. The molecule has 228 valence electrons. The van der Waals surface area contributed by atoms with Gasteiger partial charge in [0.25, 0.3) is 0 Å². The van der Waals surface area contributed by atoms with E-state index in [-0.39, 0.29) is 29.9 Å². The van der Waals surface area contributed by atoms with E-state index < -0.39 is 18.2 Å². The predicted octanol–water partition coefficient (Wildman–Crippen LogP) is 5.10. The lowest BCUT2D eigenvalue weighted by molar-refractivity contribution is -0.142. The third-order valence-electron chi connectivity index (χ3n) is 8.82. The Balaban J connectivity index is 1.63. The highest BCUT2D eigenvalue weighted by atomic mass is 16.5. The van der Waals surface area contributed by atoms with Gasteiger partial charge in [0.1, 0.15) is 6.04 Å². The Hall–Kier alpha value is -3.00. The zero-order valence-corrected chi connectivity index (χ0v) is 25.9. The average molecular weight is 576 g/mol. The van der Waals surface area contributed by atoms with Crippen LogP contribution in [-0.2, 0) is 20.7 Å². The fourth-order valence-electron chi connectivity index (χ4n) is 6.42.